The van der Waals surface area contributed by atoms with Gasteiger partial charge in [0.1, 0.15) is 17.3 Å². The fourth-order valence-corrected chi connectivity index (χ4v) is 10.5. The van der Waals surface area contributed by atoms with Crippen LogP contribution >= 0.6 is 34.5 Å². The maximum absolute atomic E-state index is 14.9. The first-order valence-electron chi connectivity index (χ1n) is 16.6. The number of phenols is 1. The van der Waals surface area contributed by atoms with Crippen molar-refractivity contribution >= 4 is 80.0 Å². The lowest BCUT2D eigenvalue weighted by atomic mass is 9.51. The summed E-state index contributed by atoms with van der Waals surface area (Å²) in [6.45, 7) is 3.45. The van der Waals surface area contributed by atoms with Gasteiger partial charge < -0.3 is 10.2 Å². The molecular formula is C37H32Cl2N4O7S. The number of phenolic OH excluding ortho intramolecular Hbond substituents is 1. The second-order valence-corrected chi connectivity index (χ2v) is 16.0. The number of aromatic hydroxyl groups is 1. The van der Waals surface area contributed by atoms with E-state index in [0.29, 0.717) is 26.9 Å². The van der Waals surface area contributed by atoms with Crippen LogP contribution in [0, 0.1) is 36.0 Å². The summed E-state index contributed by atoms with van der Waals surface area (Å²) in [4.78, 5) is 71.4. The minimum absolute atomic E-state index is 0.106. The molecule has 2 saturated heterocycles. The molecule has 11 nitrogen and oxygen atoms in total. The van der Waals surface area contributed by atoms with E-state index >= 15 is 0 Å². The molecule has 6 atom stereocenters. The average molecular weight is 748 g/mol. The summed E-state index contributed by atoms with van der Waals surface area (Å²) in [5, 5.41) is 27.2. The Balaban J connectivity index is 1.24. The predicted molar refractivity (Wildman–Crippen MR) is 190 cm³/mol. The average Bonchev–Trinajstić information content (AvgIpc) is 3.75. The number of aromatic nitrogens is 2. The predicted octanol–water partition coefficient (Wildman–Crippen LogP) is 6.33. The van der Waals surface area contributed by atoms with Crippen LogP contribution in [0.2, 0.25) is 10.0 Å². The molecule has 51 heavy (non-hydrogen) atoms. The van der Waals surface area contributed by atoms with Crippen LogP contribution in [0.1, 0.15) is 43.2 Å². The van der Waals surface area contributed by atoms with Gasteiger partial charge in [-0.05, 0) is 80.0 Å². The molecule has 2 aromatic carbocycles. The SMILES string of the molecule is Cc1c(-c2cc(N3C(=O)[C@@H]4C[C@@H]5C(=CC[C@@H]6C(=O)N(CCC(=O)O)C(=O)[C@@H]65)[C@H](c5cc(Cl)ccc5O)[C@]4(C)C3=O)n(C)n2)sc2ccc(Cl)cc12. The van der Waals surface area contributed by atoms with E-state index in [9.17, 15) is 34.2 Å². The maximum atomic E-state index is 14.9. The number of imide groups is 2. The van der Waals surface area contributed by atoms with Crippen molar-refractivity contribution in [2.45, 2.75) is 39.0 Å². The van der Waals surface area contributed by atoms with Crippen LogP contribution in [0.15, 0.2) is 54.1 Å². The number of hydrogen-bond donors (Lipinski definition) is 2. The van der Waals surface area contributed by atoms with E-state index in [4.69, 9.17) is 28.3 Å². The van der Waals surface area contributed by atoms with E-state index in [2.05, 4.69) is 0 Å². The van der Waals surface area contributed by atoms with Crippen molar-refractivity contribution in [2.24, 2.45) is 36.1 Å². The van der Waals surface area contributed by atoms with Crippen LogP contribution in [-0.4, -0.2) is 61.0 Å². The highest BCUT2D eigenvalue weighted by Gasteiger charge is 2.68. The monoisotopic (exact) mass is 746 g/mol. The van der Waals surface area contributed by atoms with E-state index in [1.807, 2.05) is 31.2 Å². The third kappa shape index (κ3) is 4.83. The van der Waals surface area contributed by atoms with Crippen molar-refractivity contribution in [3.05, 3.63) is 75.3 Å². The van der Waals surface area contributed by atoms with Crippen LogP contribution in [-0.2, 0) is 31.0 Å². The highest BCUT2D eigenvalue weighted by atomic mass is 35.5. The number of carbonyl (C=O) groups excluding carboxylic acids is 4. The molecule has 262 valence electrons. The molecule has 0 bridgehead atoms. The Bertz CT molecular complexity index is 2280. The Morgan fingerprint density at radius 2 is 1.75 bits per heavy atom. The van der Waals surface area contributed by atoms with Crippen molar-refractivity contribution in [1.29, 1.82) is 0 Å². The molecule has 4 aromatic rings. The Morgan fingerprint density at radius 3 is 2.49 bits per heavy atom. The lowest BCUT2D eigenvalue weighted by Crippen LogP contribution is -2.49. The fourth-order valence-electron chi connectivity index (χ4n) is 9.04. The molecule has 2 N–H and O–H groups in total. The van der Waals surface area contributed by atoms with E-state index in [1.165, 1.54) is 33.1 Å². The summed E-state index contributed by atoms with van der Waals surface area (Å²) in [5.74, 6) is -6.81. The summed E-state index contributed by atoms with van der Waals surface area (Å²) in [6.07, 6.45) is 1.78. The number of halogens is 2. The summed E-state index contributed by atoms with van der Waals surface area (Å²) in [7, 11) is 1.67. The van der Waals surface area contributed by atoms with Crippen LogP contribution in [0.4, 0.5) is 5.82 Å². The molecule has 0 radical (unpaired) electrons. The number of fused-ring (bicyclic) bond motifs is 5. The molecule has 4 amide bonds. The normalized spacial score (nSPS) is 27.2. The standard InChI is InChI=1S/C37H32Cl2N4O7S/c1-16-21-12-18(39)5-9-27(21)51-32(16)25-15-28(41(3)40-25)43-34(48)24-14-22-19(6-7-20-30(22)35(49)42(33(20)47)11-10-29(45)46)31(37(24,2)36(43)50)23-13-17(38)4-8-26(23)44/h4-6,8-9,12-13,15,20,22,24,30-31,44H,7,10-11,14H2,1-3H3,(H,45,46)/t20-,22+,24-,30-,31+,37+/m0/s1. The van der Waals surface area contributed by atoms with Gasteiger partial charge in [-0.1, -0.05) is 34.9 Å². The van der Waals surface area contributed by atoms with Crippen LogP contribution in [0.3, 0.4) is 0 Å². The number of carboxylic acids is 1. The molecule has 2 aromatic heterocycles. The molecule has 14 heteroatoms. The minimum Gasteiger partial charge on any atom is -0.508 e. The fraction of sp³-hybridized carbons (Fsp3) is 0.351. The molecule has 0 spiro atoms. The van der Waals surface area contributed by atoms with Gasteiger partial charge in [0, 0.05) is 45.9 Å². The largest absolute Gasteiger partial charge is 0.508 e. The molecule has 4 heterocycles. The van der Waals surface area contributed by atoms with Gasteiger partial charge in [-0.2, -0.15) is 5.10 Å². The van der Waals surface area contributed by atoms with E-state index < -0.39 is 64.6 Å². The number of anilines is 1. The first kappa shape index (κ1) is 33.6. The lowest BCUT2D eigenvalue weighted by Gasteiger charge is -2.49. The van der Waals surface area contributed by atoms with Crippen LogP contribution in [0.5, 0.6) is 5.75 Å². The van der Waals surface area contributed by atoms with Gasteiger partial charge in [0.15, 0.2) is 0 Å². The van der Waals surface area contributed by atoms with Crippen LogP contribution in [0.25, 0.3) is 20.7 Å². The first-order chi connectivity index (χ1) is 24.2. The number of nitrogens with zero attached hydrogens (tertiary/aromatic N) is 4. The highest BCUT2D eigenvalue weighted by Crippen LogP contribution is 2.64. The number of benzene rings is 2. The quantitative estimate of drug-likeness (QED) is 0.172. The smallest absolute Gasteiger partial charge is 0.305 e. The molecular weight excluding hydrogens is 715 g/mol. The van der Waals surface area contributed by atoms with Crippen molar-refractivity contribution < 1.29 is 34.2 Å². The number of likely N-dealkylation sites (tertiary alicyclic amines) is 1. The molecule has 1 saturated carbocycles. The molecule has 3 fully saturated rings. The van der Waals surface area contributed by atoms with Gasteiger partial charge in [0.25, 0.3) is 0 Å². The maximum Gasteiger partial charge on any atom is 0.305 e. The second kappa shape index (κ2) is 11.8. The number of rotatable bonds is 6. The molecule has 2 aliphatic carbocycles. The highest BCUT2D eigenvalue weighted by molar-refractivity contribution is 7.22. The van der Waals surface area contributed by atoms with Gasteiger partial charge in [-0.25, -0.2) is 4.90 Å². The molecule has 8 rings (SSSR count). The lowest BCUT2D eigenvalue weighted by molar-refractivity contribution is -0.142. The Kier molecular flexibility index (Phi) is 7.75. The Morgan fingerprint density at radius 1 is 1.02 bits per heavy atom. The van der Waals surface area contributed by atoms with E-state index in [1.54, 1.807) is 26.1 Å². The van der Waals surface area contributed by atoms with E-state index in [-0.39, 0.29) is 37.4 Å². The number of aryl methyl sites for hydroxylation is 2. The third-order valence-electron chi connectivity index (χ3n) is 11.4. The Hall–Kier alpha value is -4.52. The number of thiophene rings is 1. The summed E-state index contributed by atoms with van der Waals surface area (Å²) >= 11 is 14.3. The topological polar surface area (TPSA) is 150 Å². The number of allylic oxidation sites excluding steroid dienone is 2. The van der Waals surface area contributed by atoms with Gasteiger partial charge in [-0.15, -0.1) is 11.3 Å². The zero-order valence-corrected chi connectivity index (χ0v) is 30.1. The van der Waals surface area contributed by atoms with E-state index in [0.717, 1.165) is 25.4 Å². The summed E-state index contributed by atoms with van der Waals surface area (Å²) < 4.78 is 2.53. The summed E-state index contributed by atoms with van der Waals surface area (Å²) in [5.41, 5.74) is 1.18. The molecule has 0 unspecified atom stereocenters. The van der Waals surface area contributed by atoms with Gasteiger partial charge in [0.2, 0.25) is 23.6 Å². The number of carboxylic acid groups (broad SMARTS) is 1. The summed E-state index contributed by atoms with van der Waals surface area (Å²) in [6, 6.07) is 11.9. The number of hydrogen-bond acceptors (Lipinski definition) is 8. The zero-order valence-electron chi connectivity index (χ0n) is 27.7. The van der Waals surface area contributed by atoms with Crippen molar-refractivity contribution in [2.75, 3.05) is 11.4 Å². The second-order valence-electron chi connectivity index (χ2n) is 14.0. The Labute approximate surface area is 306 Å². The van der Waals surface area contributed by atoms with Crippen molar-refractivity contribution in [3.8, 4) is 16.3 Å². The molecule has 2 aliphatic heterocycles. The van der Waals surface area contributed by atoms with Crippen LogP contribution < -0.4 is 4.90 Å². The van der Waals surface area contributed by atoms with Gasteiger partial charge in [-0.3, -0.25) is 33.6 Å². The number of carbonyl (C=O) groups is 5. The first-order valence-corrected chi connectivity index (χ1v) is 18.2. The third-order valence-corrected chi connectivity index (χ3v) is 13.2. The van der Waals surface area contributed by atoms with Crippen molar-refractivity contribution in [1.82, 2.24) is 14.7 Å². The molecule has 4 aliphatic rings. The van der Waals surface area contributed by atoms with Gasteiger partial charge in [0.05, 0.1) is 34.5 Å². The van der Waals surface area contributed by atoms with Gasteiger partial charge >= 0.3 is 5.97 Å². The zero-order chi connectivity index (χ0) is 36.3. The minimum atomic E-state index is -1.40. The number of aliphatic carboxylic acids is 1. The van der Waals surface area contributed by atoms with Crippen molar-refractivity contribution in [3.63, 3.8) is 0 Å². The number of amides is 4.